The third kappa shape index (κ3) is 4.76. The molecule has 0 unspecified atom stereocenters. The zero-order valence-corrected chi connectivity index (χ0v) is 10.7. The lowest BCUT2D eigenvalue weighted by atomic mass is 10.1. The number of benzene rings is 1. The summed E-state index contributed by atoms with van der Waals surface area (Å²) in [7, 11) is 1.63. The summed E-state index contributed by atoms with van der Waals surface area (Å²) in [6.45, 7) is 5.70. The van der Waals surface area contributed by atoms with Crippen molar-refractivity contribution in [1.82, 2.24) is 0 Å². The number of ether oxygens (including phenoxy) is 2. The number of esters is 1. The highest BCUT2D eigenvalue weighted by Crippen LogP contribution is 2.17. The molecule has 0 heterocycles. The molecule has 0 bridgehead atoms. The minimum atomic E-state index is -0.522. The van der Waals surface area contributed by atoms with Crippen molar-refractivity contribution in [2.24, 2.45) is 0 Å². The number of methoxy groups -OCH3 is 1. The van der Waals surface area contributed by atoms with Crippen LogP contribution in [0.15, 0.2) is 24.3 Å². The first kappa shape index (κ1) is 13.4. The number of hydrogen-bond acceptors (Lipinski definition) is 4. The quantitative estimate of drug-likeness (QED) is 0.799. The van der Waals surface area contributed by atoms with Crippen molar-refractivity contribution < 1.29 is 14.3 Å². The lowest BCUT2D eigenvalue weighted by molar-refractivity contribution is -0.152. The maximum Gasteiger partial charge on any atom is 0.303 e. The molecule has 0 radical (unpaired) electrons. The SMILES string of the molecule is COc1ccc(NCC(C)(C)OC(C)=O)cc1. The van der Waals surface area contributed by atoms with Gasteiger partial charge in [0.1, 0.15) is 11.4 Å². The van der Waals surface area contributed by atoms with Gasteiger partial charge in [0.2, 0.25) is 0 Å². The summed E-state index contributed by atoms with van der Waals surface area (Å²) in [6.07, 6.45) is 0. The van der Waals surface area contributed by atoms with Crippen LogP contribution in [0.2, 0.25) is 0 Å². The zero-order valence-electron chi connectivity index (χ0n) is 10.7. The second-order valence-corrected chi connectivity index (χ2v) is 4.44. The van der Waals surface area contributed by atoms with Gasteiger partial charge >= 0.3 is 5.97 Å². The standard InChI is InChI=1S/C13H19NO3/c1-10(15)17-13(2,3)9-14-11-5-7-12(16-4)8-6-11/h5-8,14H,9H2,1-4H3. The Kier molecular flexibility index (Phi) is 4.37. The number of anilines is 1. The Labute approximate surface area is 102 Å². The Hall–Kier alpha value is -1.71. The fourth-order valence-electron chi connectivity index (χ4n) is 1.45. The van der Waals surface area contributed by atoms with Crippen LogP contribution < -0.4 is 10.1 Å². The maximum absolute atomic E-state index is 10.9. The Morgan fingerprint density at radius 3 is 2.35 bits per heavy atom. The molecule has 1 N–H and O–H groups in total. The van der Waals surface area contributed by atoms with Crippen LogP contribution in [0.5, 0.6) is 5.75 Å². The van der Waals surface area contributed by atoms with E-state index in [1.807, 2.05) is 38.1 Å². The first-order valence-electron chi connectivity index (χ1n) is 5.50. The molecule has 4 heteroatoms. The molecule has 0 saturated heterocycles. The van der Waals surface area contributed by atoms with Gasteiger partial charge in [-0.3, -0.25) is 4.79 Å². The molecular weight excluding hydrogens is 218 g/mol. The molecule has 1 aromatic carbocycles. The Morgan fingerprint density at radius 1 is 1.29 bits per heavy atom. The van der Waals surface area contributed by atoms with Crippen molar-refractivity contribution in [2.75, 3.05) is 19.0 Å². The van der Waals surface area contributed by atoms with Crippen LogP contribution in [0.3, 0.4) is 0 Å². The van der Waals surface area contributed by atoms with E-state index in [4.69, 9.17) is 9.47 Å². The molecule has 17 heavy (non-hydrogen) atoms. The maximum atomic E-state index is 10.9. The van der Waals surface area contributed by atoms with Gasteiger partial charge in [0.25, 0.3) is 0 Å². The topological polar surface area (TPSA) is 47.6 Å². The fourth-order valence-corrected chi connectivity index (χ4v) is 1.45. The van der Waals surface area contributed by atoms with E-state index in [1.54, 1.807) is 7.11 Å². The first-order chi connectivity index (χ1) is 7.93. The Balaban J connectivity index is 2.51. The molecule has 94 valence electrons. The van der Waals surface area contributed by atoms with Crippen molar-refractivity contribution in [3.63, 3.8) is 0 Å². The highest BCUT2D eigenvalue weighted by molar-refractivity contribution is 5.66. The van der Waals surface area contributed by atoms with Gasteiger partial charge < -0.3 is 14.8 Å². The van der Waals surface area contributed by atoms with Crippen molar-refractivity contribution in [2.45, 2.75) is 26.4 Å². The fraction of sp³-hybridized carbons (Fsp3) is 0.462. The predicted octanol–water partition coefficient (Wildman–Crippen LogP) is 2.45. The van der Waals surface area contributed by atoms with Crippen molar-refractivity contribution in [3.05, 3.63) is 24.3 Å². The number of hydrogen-bond donors (Lipinski definition) is 1. The lowest BCUT2D eigenvalue weighted by Crippen LogP contribution is -2.35. The molecular formula is C13H19NO3. The highest BCUT2D eigenvalue weighted by Gasteiger charge is 2.20. The van der Waals surface area contributed by atoms with E-state index in [-0.39, 0.29) is 5.97 Å². The van der Waals surface area contributed by atoms with Gasteiger partial charge in [0, 0.05) is 12.6 Å². The predicted molar refractivity (Wildman–Crippen MR) is 67.3 cm³/mol. The second-order valence-electron chi connectivity index (χ2n) is 4.44. The van der Waals surface area contributed by atoms with E-state index in [1.165, 1.54) is 6.92 Å². The molecule has 0 spiro atoms. The lowest BCUT2D eigenvalue weighted by Gasteiger charge is -2.25. The number of nitrogens with one attached hydrogen (secondary N) is 1. The van der Waals surface area contributed by atoms with Crippen LogP contribution in [0.25, 0.3) is 0 Å². The average molecular weight is 237 g/mol. The van der Waals surface area contributed by atoms with Crippen LogP contribution in [-0.2, 0) is 9.53 Å². The van der Waals surface area contributed by atoms with Gasteiger partial charge in [0.05, 0.1) is 13.7 Å². The van der Waals surface area contributed by atoms with Gasteiger partial charge in [-0.1, -0.05) is 0 Å². The normalized spacial score (nSPS) is 10.8. The number of rotatable bonds is 5. The number of carbonyl (C=O) groups is 1. The molecule has 0 fully saturated rings. The molecule has 0 aliphatic carbocycles. The van der Waals surface area contributed by atoms with Gasteiger partial charge in [-0.15, -0.1) is 0 Å². The average Bonchev–Trinajstić information content (AvgIpc) is 2.25. The zero-order chi connectivity index (χ0) is 12.9. The summed E-state index contributed by atoms with van der Waals surface area (Å²) in [6, 6.07) is 7.59. The molecule has 1 aromatic rings. The van der Waals surface area contributed by atoms with Crippen LogP contribution >= 0.6 is 0 Å². The van der Waals surface area contributed by atoms with Gasteiger partial charge in [-0.05, 0) is 38.1 Å². The van der Waals surface area contributed by atoms with Crippen LogP contribution in [0.1, 0.15) is 20.8 Å². The summed E-state index contributed by atoms with van der Waals surface area (Å²) >= 11 is 0. The first-order valence-corrected chi connectivity index (χ1v) is 5.50. The van der Waals surface area contributed by atoms with Crippen molar-refractivity contribution >= 4 is 11.7 Å². The molecule has 4 nitrogen and oxygen atoms in total. The van der Waals surface area contributed by atoms with Gasteiger partial charge in [-0.25, -0.2) is 0 Å². The minimum Gasteiger partial charge on any atom is -0.497 e. The Morgan fingerprint density at radius 2 is 1.88 bits per heavy atom. The molecule has 1 rings (SSSR count). The van der Waals surface area contributed by atoms with Gasteiger partial charge in [-0.2, -0.15) is 0 Å². The molecule has 0 saturated carbocycles. The monoisotopic (exact) mass is 237 g/mol. The number of carbonyl (C=O) groups excluding carboxylic acids is 1. The van der Waals surface area contributed by atoms with Crippen molar-refractivity contribution in [1.29, 1.82) is 0 Å². The summed E-state index contributed by atoms with van der Waals surface area (Å²) in [4.78, 5) is 10.9. The van der Waals surface area contributed by atoms with Crippen LogP contribution in [0.4, 0.5) is 5.69 Å². The van der Waals surface area contributed by atoms with Crippen molar-refractivity contribution in [3.8, 4) is 5.75 Å². The molecule has 0 amide bonds. The highest BCUT2D eigenvalue weighted by atomic mass is 16.6. The molecule has 0 atom stereocenters. The third-order valence-electron chi connectivity index (χ3n) is 2.23. The minimum absolute atomic E-state index is 0.272. The smallest absolute Gasteiger partial charge is 0.303 e. The van der Waals surface area contributed by atoms with Gasteiger partial charge in [0.15, 0.2) is 0 Å². The van der Waals surface area contributed by atoms with Crippen LogP contribution in [-0.4, -0.2) is 25.2 Å². The van der Waals surface area contributed by atoms with E-state index < -0.39 is 5.60 Å². The van der Waals surface area contributed by atoms with E-state index in [9.17, 15) is 4.79 Å². The Bertz CT molecular complexity index is 371. The molecule has 0 aromatic heterocycles. The summed E-state index contributed by atoms with van der Waals surface area (Å²) in [5, 5.41) is 3.21. The third-order valence-corrected chi connectivity index (χ3v) is 2.23. The molecule has 0 aliphatic heterocycles. The molecule has 0 aliphatic rings. The van der Waals surface area contributed by atoms with E-state index in [0.717, 1.165) is 11.4 Å². The second kappa shape index (κ2) is 5.57. The van der Waals surface area contributed by atoms with E-state index in [2.05, 4.69) is 5.32 Å². The van der Waals surface area contributed by atoms with Crippen LogP contribution in [0, 0.1) is 0 Å². The van der Waals surface area contributed by atoms with E-state index >= 15 is 0 Å². The summed E-state index contributed by atoms with van der Waals surface area (Å²) in [5.41, 5.74) is 0.442. The summed E-state index contributed by atoms with van der Waals surface area (Å²) < 4.78 is 10.2. The van der Waals surface area contributed by atoms with E-state index in [0.29, 0.717) is 6.54 Å². The largest absolute Gasteiger partial charge is 0.497 e. The summed E-state index contributed by atoms with van der Waals surface area (Å²) in [5.74, 6) is 0.543.